The number of benzene rings is 1. The number of pyridine rings is 1. The van der Waals surface area contributed by atoms with E-state index >= 15 is 0 Å². The van der Waals surface area contributed by atoms with Crippen molar-refractivity contribution in [3.8, 4) is 11.1 Å². The second-order valence-electron chi connectivity index (χ2n) is 4.35. The highest BCUT2D eigenvalue weighted by Crippen LogP contribution is 2.40. The topological polar surface area (TPSA) is 39.2 Å². The third-order valence-electron chi connectivity index (χ3n) is 2.87. The molecule has 0 aliphatic heterocycles. The van der Waals surface area contributed by atoms with Crippen LogP contribution in [0.2, 0.25) is 15.1 Å². The Balaban J connectivity index is 2.80. The van der Waals surface area contributed by atoms with Crippen LogP contribution in [0.4, 0.5) is 13.2 Å². The number of halogens is 6. The van der Waals surface area contributed by atoms with E-state index in [4.69, 9.17) is 34.8 Å². The molecule has 0 fully saturated rings. The maximum atomic E-state index is 12.9. The molecule has 0 N–H and O–H groups in total. The standard InChI is InChI=1S/C14H7Cl3F3NO2/c1-23-13(22)12-8(2-6(5-21-12)14(18,19)20)11-9(16)3-7(15)4-10(11)17/h2-5H,1H3. The molecule has 0 aliphatic rings. The molecule has 0 spiro atoms. The van der Waals surface area contributed by atoms with E-state index in [1.165, 1.54) is 12.1 Å². The van der Waals surface area contributed by atoms with E-state index in [0.29, 0.717) is 6.20 Å². The first-order chi connectivity index (χ1) is 10.6. The summed E-state index contributed by atoms with van der Waals surface area (Å²) in [5, 5.41) is 0.158. The first-order valence-corrected chi connectivity index (χ1v) is 7.09. The Morgan fingerprint density at radius 1 is 1.13 bits per heavy atom. The number of carbonyl (C=O) groups excluding carboxylic acids is 1. The van der Waals surface area contributed by atoms with Crippen LogP contribution in [-0.4, -0.2) is 18.1 Å². The highest BCUT2D eigenvalue weighted by atomic mass is 35.5. The number of carbonyl (C=O) groups is 1. The summed E-state index contributed by atoms with van der Waals surface area (Å²) in [6.45, 7) is 0. The van der Waals surface area contributed by atoms with Crippen molar-refractivity contribution in [2.45, 2.75) is 6.18 Å². The Labute approximate surface area is 143 Å². The van der Waals surface area contributed by atoms with Gasteiger partial charge in [-0.2, -0.15) is 13.2 Å². The van der Waals surface area contributed by atoms with Gasteiger partial charge in [0.2, 0.25) is 0 Å². The summed E-state index contributed by atoms with van der Waals surface area (Å²) in [7, 11) is 1.08. The maximum Gasteiger partial charge on any atom is 0.417 e. The minimum atomic E-state index is -4.65. The molecule has 1 aromatic heterocycles. The van der Waals surface area contributed by atoms with Crippen molar-refractivity contribution >= 4 is 40.8 Å². The number of methoxy groups -OCH3 is 1. The molecule has 0 radical (unpaired) electrons. The van der Waals surface area contributed by atoms with E-state index in [9.17, 15) is 18.0 Å². The normalized spacial score (nSPS) is 11.4. The summed E-state index contributed by atoms with van der Waals surface area (Å²) < 4.78 is 43.3. The molecular formula is C14H7Cl3F3NO2. The highest BCUT2D eigenvalue weighted by molar-refractivity contribution is 6.42. The average Bonchev–Trinajstić information content (AvgIpc) is 2.44. The van der Waals surface area contributed by atoms with E-state index in [0.717, 1.165) is 13.2 Å². The second kappa shape index (κ2) is 6.55. The fraction of sp³-hybridized carbons (Fsp3) is 0.143. The van der Waals surface area contributed by atoms with Gasteiger partial charge in [0.1, 0.15) is 0 Å². The Hall–Kier alpha value is -1.50. The first-order valence-electron chi connectivity index (χ1n) is 5.95. The summed E-state index contributed by atoms with van der Waals surface area (Å²) >= 11 is 17.8. The van der Waals surface area contributed by atoms with Crippen LogP contribution in [0.15, 0.2) is 24.4 Å². The lowest BCUT2D eigenvalue weighted by molar-refractivity contribution is -0.137. The molecule has 9 heteroatoms. The molecule has 0 amide bonds. The molecule has 1 heterocycles. The molecule has 0 saturated carbocycles. The number of alkyl halides is 3. The van der Waals surface area contributed by atoms with Gasteiger partial charge in [0.15, 0.2) is 5.69 Å². The molecule has 0 aliphatic carbocycles. The lowest BCUT2D eigenvalue weighted by atomic mass is 10.0. The molecule has 1 aromatic carbocycles. The third-order valence-corrected chi connectivity index (χ3v) is 3.68. The zero-order chi connectivity index (χ0) is 17.4. The number of ether oxygens (including phenoxy) is 1. The number of nitrogens with zero attached hydrogens (tertiary/aromatic N) is 1. The van der Waals surface area contributed by atoms with Crippen molar-refractivity contribution in [3.05, 3.63) is 50.7 Å². The van der Waals surface area contributed by atoms with Crippen LogP contribution in [0.3, 0.4) is 0 Å². The van der Waals surface area contributed by atoms with Crippen molar-refractivity contribution in [3.63, 3.8) is 0 Å². The van der Waals surface area contributed by atoms with Crippen LogP contribution >= 0.6 is 34.8 Å². The van der Waals surface area contributed by atoms with Gasteiger partial charge in [0, 0.05) is 22.3 Å². The molecule has 0 atom stereocenters. The second-order valence-corrected chi connectivity index (χ2v) is 5.60. The smallest absolute Gasteiger partial charge is 0.417 e. The van der Waals surface area contributed by atoms with Crippen molar-refractivity contribution in [2.75, 3.05) is 7.11 Å². The fourth-order valence-corrected chi connectivity index (χ4v) is 2.89. The zero-order valence-electron chi connectivity index (χ0n) is 11.3. The van der Waals surface area contributed by atoms with Gasteiger partial charge in [-0.3, -0.25) is 0 Å². The zero-order valence-corrected chi connectivity index (χ0v) is 13.6. The van der Waals surface area contributed by atoms with Crippen LogP contribution in [0, 0.1) is 0 Å². The third kappa shape index (κ3) is 3.71. The maximum absolute atomic E-state index is 12.9. The average molecular weight is 385 g/mol. The summed E-state index contributed by atoms with van der Waals surface area (Å²) in [5.74, 6) is -0.921. The summed E-state index contributed by atoms with van der Waals surface area (Å²) in [6.07, 6.45) is -4.12. The SMILES string of the molecule is COC(=O)c1ncc(C(F)(F)F)cc1-c1c(Cl)cc(Cl)cc1Cl. The van der Waals surface area contributed by atoms with E-state index in [-0.39, 0.29) is 31.9 Å². The Bertz CT molecular complexity index is 755. The molecular weight excluding hydrogens is 378 g/mol. The molecule has 0 unspecified atom stereocenters. The lowest BCUT2D eigenvalue weighted by Crippen LogP contribution is -2.11. The van der Waals surface area contributed by atoms with Crippen molar-refractivity contribution in [2.24, 2.45) is 0 Å². The van der Waals surface area contributed by atoms with Crippen LogP contribution < -0.4 is 0 Å². The quantitative estimate of drug-likeness (QED) is 0.641. The van der Waals surface area contributed by atoms with E-state index < -0.39 is 17.7 Å². The van der Waals surface area contributed by atoms with Gasteiger partial charge >= 0.3 is 12.1 Å². The van der Waals surface area contributed by atoms with Crippen LogP contribution in [0.1, 0.15) is 16.1 Å². The lowest BCUT2D eigenvalue weighted by Gasteiger charge is -2.14. The Morgan fingerprint density at radius 3 is 2.17 bits per heavy atom. The largest absolute Gasteiger partial charge is 0.464 e. The number of rotatable bonds is 2. The van der Waals surface area contributed by atoms with Gasteiger partial charge in [0.25, 0.3) is 0 Å². The Kier molecular flexibility index (Phi) is 5.08. The Morgan fingerprint density at radius 2 is 1.70 bits per heavy atom. The van der Waals surface area contributed by atoms with Gasteiger partial charge in [0.05, 0.1) is 22.7 Å². The highest BCUT2D eigenvalue weighted by Gasteiger charge is 2.33. The number of aromatic nitrogens is 1. The van der Waals surface area contributed by atoms with Gasteiger partial charge < -0.3 is 4.74 Å². The van der Waals surface area contributed by atoms with E-state index in [1.807, 2.05) is 0 Å². The van der Waals surface area contributed by atoms with E-state index in [1.54, 1.807) is 0 Å². The first kappa shape index (κ1) is 17.8. The number of hydrogen-bond donors (Lipinski definition) is 0. The molecule has 2 rings (SSSR count). The van der Waals surface area contributed by atoms with Crippen LogP contribution in [0.5, 0.6) is 0 Å². The summed E-state index contributed by atoms with van der Waals surface area (Å²) in [5.41, 5.74) is -1.58. The predicted octanol–water partition coefficient (Wildman–Crippen LogP) is 5.51. The number of esters is 1. The minimum Gasteiger partial charge on any atom is -0.464 e. The summed E-state index contributed by atoms with van der Waals surface area (Å²) in [4.78, 5) is 15.3. The van der Waals surface area contributed by atoms with Crippen molar-refractivity contribution < 1.29 is 22.7 Å². The molecule has 3 nitrogen and oxygen atoms in total. The molecule has 0 saturated heterocycles. The number of hydrogen-bond acceptors (Lipinski definition) is 3. The monoisotopic (exact) mass is 383 g/mol. The van der Waals surface area contributed by atoms with Gasteiger partial charge in [-0.1, -0.05) is 34.8 Å². The summed E-state index contributed by atoms with van der Waals surface area (Å²) in [6, 6.07) is 3.33. The fourth-order valence-electron chi connectivity index (χ4n) is 1.87. The van der Waals surface area contributed by atoms with Crippen LogP contribution in [0.25, 0.3) is 11.1 Å². The molecule has 0 bridgehead atoms. The van der Waals surface area contributed by atoms with E-state index in [2.05, 4.69) is 9.72 Å². The van der Waals surface area contributed by atoms with Crippen molar-refractivity contribution in [1.82, 2.24) is 4.98 Å². The van der Waals surface area contributed by atoms with Gasteiger partial charge in [-0.15, -0.1) is 0 Å². The van der Waals surface area contributed by atoms with Crippen LogP contribution in [-0.2, 0) is 10.9 Å². The van der Waals surface area contributed by atoms with Gasteiger partial charge in [-0.05, 0) is 18.2 Å². The molecule has 2 aromatic rings. The predicted molar refractivity (Wildman–Crippen MR) is 81.0 cm³/mol. The molecule has 23 heavy (non-hydrogen) atoms. The minimum absolute atomic E-state index is 0.0109. The van der Waals surface area contributed by atoms with Crippen molar-refractivity contribution in [1.29, 1.82) is 0 Å². The van der Waals surface area contributed by atoms with Gasteiger partial charge in [-0.25, -0.2) is 9.78 Å². The molecule has 122 valence electrons.